The summed E-state index contributed by atoms with van der Waals surface area (Å²) in [7, 11) is 0. The van der Waals surface area contributed by atoms with Crippen LogP contribution in [0.3, 0.4) is 0 Å². The fraction of sp³-hybridized carbons (Fsp3) is 0.750. The fourth-order valence-corrected chi connectivity index (χ4v) is 3.19. The lowest BCUT2D eigenvalue weighted by Crippen LogP contribution is -2.47. The Hall–Kier alpha value is -1.40. The number of nitrogen functional groups attached to an aromatic ring is 1. The molecule has 2 aliphatic heterocycles. The van der Waals surface area contributed by atoms with E-state index < -0.39 is 0 Å². The molecule has 0 spiro atoms. The van der Waals surface area contributed by atoms with E-state index in [9.17, 15) is 0 Å². The minimum absolute atomic E-state index is 0.370. The number of anilines is 2. The van der Waals surface area contributed by atoms with Gasteiger partial charge < -0.3 is 15.4 Å². The van der Waals surface area contributed by atoms with Gasteiger partial charge in [-0.1, -0.05) is 13.3 Å². The second-order valence-electron chi connectivity index (χ2n) is 6.25. The molecule has 2 fully saturated rings. The van der Waals surface area contributed by atoms with Crippen LogP contribution in [0, 0.1) is 0 Å². The van der Waals surface area contributed by atoms with Gasteiger partial charge in [0, 0.05) is 44.8 Å². The fourth-order valence-electron chi connectivity index (χ4n) is 3.19. The second kappa shape index (κ2) is 7.24. The Bertz CT molecular complexity index is 481. The minimum atomic E-state index is 0.370. The number of nitrogens with two attached hydrogens (primary N) is 1. The van der Waals surface area contributed by atoms with Crippen molar-refractivity contribution in [1.82, 2.24) is 14.9 Å². The van der Waals surface area contributed by atoms with Crippen LogP contribution in [-0.2, 0) is 4.74 Å². The molecular formula is C16H27N5O. The second-order valence-corrected chi connectivity index (χ2v) is 6.25. The summed E-state index contributed by atoms with van der Waals surface area (Å²) < 4.78 is 5.47. The standard InChI is InChI=1S/C16H27N5O/c1-2-3-5-20-6-8-21(9-7-20)15-11-14(18-16(17)19-15)13-4-10-22-12-13/h11,13H,2-10,12H2,1H3,(H2,17,18,19). The number of hydrogen-bond acceptors (Lipinski definition) is 6. The van der Waals surface area contributed by atoms with E-state index in [2.05, 4.69) is 32.8 Å². The van der Waals surface area contributed by atoms with Gasteiger partial charge in [0.15, 0.2) is 0 Å². The van der Waals surface area contributed by atoms with E-state index >= 15 is 0 Å². The first-order chi connectivity index (χ1) is 10.8. The highest BCUT2D eigenvalue weighted by molar-refractivity contribution is 5.45. The monoisotopic (exact) mass is 305 g/mol. The molecule has 3 heterocycles. The summed E-state index contributed by atoms with van der Waals surface area (Å²) >= 11 is 0. The molecule has 0 saturated carbocycles. The summed E-state index contributed by atoms with van der Waals surface area (Å²) in [5, 5.41) is 0. The first-order valence-corrected chi connectivity index (χ1v) is 8.45. The number of hydrogen-bond donors (Lipinski definition) is 1. The lowest BCUT2D eigenvalue weighted by atomic mass is 10.0. The average Bonchev–Trinajstić information content (AvgIpc) is 3.07. The molecular weight excluding hydrogens is 278 g/mol. The zero-order valence-electron chi connectivity index (χ0n) is 13.5. The average molecular weight is 305 g/mol. The van der Waals surface area contributed by atoms with Crippen molar-refractivity contribution in [2.75, 3.05) is 56.6 Å². The van der Waals surface area contributed by atoms with Gasteiger partial charge in [-0.3, -0.25) is 4.90 Å². The lowest BCUT2D eigenvalue weighted by molar-refractivity contribution is 0.193. The van der Waals surface area contributed by atoms with Gasteiger partial charge in [-0.15, -0.1) is 0 Å². The maximum absolute atomic E-state index is 5.93. The van der Waals surface area contributed by atoms with Gasteiger partial charge in [0.25, 0.3) is 0 Å². The predicted octanol–water partition coefficient (Wildman–Crippen LogP) is 1.48. The SMILES string of the molecule is CCCCN1CCN(c2cc(C3CCOC3)nc(N)n2)CC1. The smallest absolute Gasteiger partial charge is 0.222 e. The largest absolute Gasteiger partial charge is 0.381 e. The Morgan fingerprint density at radius 2 is 2.09 bits per heavy atom. The zero-order chi connectivity index (χ0) is 15.4. The van der Waals surface area contributed by atoms with Crippen molar-refractivity contribution in [3.05, 3.63) is 11.8 Å². The summed E-state index contributed by atoms with van der Waals surface area (Å²) in [5.41, 5.74) is 6.96. The third-order valence-electron chi connectivity index (χ3n) is 4.62. The van der Waals surface area contributed by atoms with E-state index in [-0.39, 0.29) is 0 Å². The highest BCUT2D eigenvalue weighted by Gasteiger charge is 2.23. The Kier molecular flexibility index (Phi) is 5.10. The van der Waals surface area contributed by atoms with Crippen LogP contribution in [0.2, 0.25) is 0 Å². The number of rotatable bonds is 5. The maximum atomic E-state index is 5.93. The van der Waals surface area contributed by atoms with Crippen LogP contribution in [0.25, 0.3) is 0 Å². The van der Waals surface area contributed by atoms with Gasteiger partial charge >= 0.3 is 0 Å². The number of aromatic nitrogens is 2. The molecule has 0 aromatic carbocycles. The molecule has 1 unspecified atom stereocenters. The van der Waals surface area contributed by atoms with Crippen LogP contribution in [-0.4, -0.2) is 60.8 Å². The van der Waals surface area contributed by atoms with Crippen molar-refractivity contribution in [3.63, 3.8) is 0 Å². The van der Waals surface area contributed by atoms with Gasteiger partial charge in [0.1, 0.15) is 5.82 Å². The summed E-state index contributed by atoms with van der Waals surface area (Å²) in [6.07, 6.45) is 3.57. The molecule has 0 aliphatic carbocycles. The molecule has 0 bridgehead atoms. The molecule has 122 valence electrons. The van der Waals surface area contributed by atoms with Crippen LogP contribution in [0.15, 0.2) is 6.07 Å². The van der Waals surface area contributed by atoms with E-state index in [0.717, 1.165) is 57.3 Å². The Labute approximate surface area is 132 Å². The summed E-state index contributed by atoms with van der Waals surface area (Å²) in [6.45, 7) is 9.26. The summed E-state index contributed by atoms with van der Waals surface area (Å²) in [6, 6.07) is 2.11. The lowest BCUT2D eigenvalue weighted by Gasteiger charge is -2.35. The number of nitrogens with zero attached hydrogens (tertiary/aromatic N) is 4. The van der Waals surface area contributed by atoms with E-state index in [1.807, 2.05) is 0 Å². The zero-order valence-corrected chi connectivity index (χ0v) is 13.5. The molecule has 1 aromatic heterocycles. The van der Waals surface area contributed by atoms with Crippen LogP contribution in [0.1, 0.15) is 37.8 Å². The van der Waals surface area contributed by atoms with E-state index in [0.29, 0.717) is 11.9 Å². The quantitative estimate of drug-likeness (QED) is 0.889. The maximum Gasteiger partial charge on any atom is 0.222 e. The number of piperazine rings is 1. The number of unbranched alkanes of at least 4 members (excludes halogenated alkanes) is 1. The minimum Gasteiger partial charge on any atom is -0.381 e. The highest BCUT2D eigenvalue weighted by Crippen LogP contribution is 2.27. The van der Waals surface area contributed by atoms with Gasteiger partial charge in [-0.2, -0.15) is 4.98 Å². The van der Waals surface area contributed by atoms with Crippen LogP contribution in [0.4, 0.5) is 11.8 Å². The molecule has 3 rings (SSSR count). The predicted molar refractivity (Wildman–Crippen MR) is 88.2 cm³/mol. The number of ether oxygens (including phenoxy) is 1. The normalized spacial score (nSPS) is 23.1. The van der Waals surface area contributed by atoms with Gasteiger partial charge in [0.05, 0.1) is 12.3 Å². The summed E-state index contributed by atoms with van der Waals surface area (Å²) in [5.74, 6) is 1.73. The van der Waals surface area contributed by atoms with Crippen molar-refractivity contribution < 1.29 is 4.74 Å². The molecule has 2 N–H and O–H groups in total. The molecule has 2 saturated heterocycles. The Morgan fingerprint density at radius 1 is 1.27 bits per heavy atom. The molecule has 1 atom stereocenters. The molecule has 0 radical (unpaired) electrons. The van der Waals surface area contributed by atoms with Crippen LogP contribution < -0.4 is 10.6 Å². The summed E-state index contributed by atoms with van der Waals surface area (Å²) in [4.78, 5) is 13.7. The van der Waals surface area contributed by atoms with Crippen molar-refractivity contribution >= 4 is 11.8 Å². The Morgan fingerprint density at radius 3 is 2.77 bits per heavy atom. The van der Waals surface area contributed by atoms with Crippen molar-refractivity contribution in [3.8, 4) is 0 Å². The molecule has 2 aliphatic rings. The van der Waals surface area contributed by atoms with Gasteiger partial charge in [0.2, 0.25) is 5.95 Å². The molecule has 22 heavy (non-hydrogen) atoms. The van der Waals surface area contributed by atoms with E-state index in [1.54, 1.807) is 0 Å². The van der Waals surface area contributed by atoms with Crippen LogP contribution >= 0.6 is 0 Å². The van der Waals surface area contributed by atoms with E-state index in [4.69, 9.17) is 10.5 Å². The van der Waals surface area contributed by atoms with Crippen molar-refractivity contribution in [2.45, 2.75) is 32.1 Å². The topological polar surface area (TPSA) is 67.5 Å². The highest BCUT2D eigenvalue weighted by atomic mass is 16.5. The van der Waals surface area contributed by atoms with E-state index in [1.165, 1.54) is 19.4 Å². The molecule has 6 heteroatoms. The molecule has 6 nitrogen and oxygen atoms in total. The van der Waals surface area contributed by atoms with Crippen LogP contribution in [0.5, 0.6) is 0 Å². The molecule has 1 aromatic rings. The first kappa shape index (κ1) is 15.5. The van der Waals surface area contributed by atoms with Crippen molar-refractivity contribution in [2.24, 2.45) is 0 Å². The first-order valence-electron chi connectivity index (χ1n) is 8.45. The van der Waals surface area contributed by atoms with Crippen molar-refractivity contribution in [1.29, 1.82) is 0 Å². The third kappa shape index (κ3) is 3.67. The third-order valence-corrected chi connectivity index (χ3v) is 4.62. The molecule has 0 amide bonds. The van der Waals surface area contributed by atoms with Gasteiger partial charge in [-0.05, 0) is 19.4 Å². The Balaban J connectivity index is 1.65. The van der Waals surface area contributed by atoms with Gasteiger partial charge in [-0.25, -0.2) is 4.98 Å².